The van der Waals surface area contributed by atoms with E-state index in [-0.39, 0.29) is 11.7 Å². The van der Waals surface area contributed by atoms with Crippen molar-refractivity contribution in [2.24, 2.45) is 5.73 Å². The minimum absolute atomic E-state index is 0.119. The van der Waals surface area contributed by atoms with Gasteiger partial charge in [0.2, 0.25) is 0 Å². The molecule has 2 aliphatic rings. The molecular formula is C8H14N2O2. The Bertz CT molecular complexity index is 201. The third-order valence-electron chi connectivity index (χ3n) is 2.70. The van der Waals surface area contributed by atoms with Gasteiger partial charge in [-0.15, -0.1) is 0 Å². The van der Waals surface area contributed by atoms with Crippen LogP contribution in [0.1, 0.15) is 19.3 Å². The van der Waals surface area contributed by atoms with Crippen molar-refractivity contribution in [2.45, 2.75) is 24.9 Å². The topological polar surface area (TPSA) is 55.6 Å². The molecule has 68 valence electrons. The van der Waals surface area contributed by atoms with Gasteiger partial charge in [0.05, 0.1) is 6.54 Å². The Morgan fingerprint density at radius 3 is 2.75 bits per heavy atom. The van der Waals surface area contributed by atoms with Gasteiger partial charge in [0.25, 0.3) is 0 Å². The fourth-order valence-electron chi connectivity index (χ4n) is 1.85. The zero-order valence-corrected chi connectivity index (χ0v) is 7.08. The van der Waals surface area contributed by atoms with Crippen molar-refractivity contribution in [1.82, 2.24) is 4.90 Å². The third kappa shape index (κ3) is 1.06. The molecule has 1 aliphatic carbocycles. The lowest BCUT2D eigenvalue weighted by Gasteiger charge is -2.35. The van der Waals surface area contributed by atoms with Crippen molar-refractivity contribution in [3.63, 3.8) is 0 Å². The van der Waals surface area contributed by atoms with Gasteiger partial charge in [0.15, 0.2) is 0 Å². The van der Waals surface area contributed by atoms with Crippen LogP contribution in [0.15, 0.2) is 0 Å². The molecule has 1 aliphatic heterocycles. The molecular weight excluding hydrogens is 156 g/mol. The van der Waals surface area contributed by atoms with E-state index in [0.717, 1.165) is 19.4 Å². The summed E-state index contributed by atoms with van der Waals surface area (Å²) in [4.78, 5) is 12.9. The summed E-state index contributed by atoms with van der Waals surface area (Å²) in [5.74, 6) is 0. The van der Waals surface area contributed by atoms with Crippen molar-refractivity contribution in [3.05, 3.63) is 0 Å². The largest absolute Gasteiger partial charge is 0.441 e. The van der Waals surface area contributed by atoms with Crippen molar-refractivity contribution in [1.29, 1.82) is 0 Å². The van der Waals surface area contributed by atoms with Crippen LogP contribution < -0.4 is 5.73 Å². The van der Waals surface area contributed by atoms with Gasteiger partial charge in [0.1, 0.15) is 5.60 Å². The molecule has 1 amide bonds. The summed E-state index contributed by atoms with van der Waals surface area (Å²) >= 11 is 0. The molecule has 0 aromatic carbocycles. The second-order valence-corrected chi connectivity index (χ2v) is 3.61. The predicted octanol–water partition coefficient (Wildman–Crippen LogP) is 0.320. The Kier molecular flexibility index (Phi) is 1.72. The van der Waals surface area contributed by atoms with E-state index in [9.17, 15) is 4.79 Å². The lowest BCUT2D eigenvalue weighted by molar-refractivity contribution is -0.00687. The second kappa shape index (κ2) is 2.62. The van der Waals surface area contributed by atoms with Crippen molar-refractivity contribution in [3.8, 4) is 0 Å². The first kappa shape index (κ1) is 7.86. The van der Waals surface area contributed by atoms with Crippen LogP contribution in [0, 0.1) is 0 Å². The lowest BCUT2D eigenvalue weighted by atomic mass is 9.80. The molecule has 1 heterocycles. The highest BCUT2D eigenvalue weighted by molar-refractivity contribution is 5.70. The van der Waals surface area contributed by atoms with Gasteiger partial charge in [-0.25, -0.2) is 4.79 Å². The first-order chi connectivity index (χ1) is 5.76. The van der Waals surface area contributed by atoms with E-state index >= 15 is 0 Å². The number of hydrogen-bond acceptors (Lipinski definition) is 3. The van der Waals surface area contributed by atoms with E-state index in [2.05, 4.69) is 0 Å². The summed E-state index contributed by atoms with van der Waals surface area (Å²) in [6.45, 7) is 1.90. The summed E-state index contributed by atoms with van der Waals surface area (Å²) in [5.41, 5.74) is 5.25. The van der Waals surface area contributed by atoms with Gasteiger partial charge in [-0.05, 0) is 19.3 Å². The molecule has 0 unspecified atom stereocenters. The smallest absolute Gasteiger partial charge is 0.410 e. The summed E-state index contributed by atoms with van der Waals surface area (Å²) in [6.07, 6.45) is 3.06. The van der Waals surface area contributed by atoms with Crippen LogP contribution in [0.4, 0.5) is 4.79 Å². The Balaban J connectivity index is 1.97. The molecule has 0 atom stereocenters. The highest BCUT2D eigenvalue weighted by Gasteiger charge is 2.48. The van der Waals surface area contributed by atoms with Crippen molar-refractivity contribution in [2.75, 3.05) is 19.6 Å². The van der Waals surface area contributed by atoms with Gasteiger partial charge in [-0.3, -0.25) is 0 Å². The second-order valence-electron chi connectivity index (χ2n) is 3.61. The van der Waals surface area contributed by atoms with E-state index < -0.39 is 0 Å². The number of amides is 1. The average Bonchev–Trinajstić information content (AvgIpc) is 2.29. The number of carbonyl (C=O) groups is 1. The fraction of sp³-hybridized carbons (Fsp3) is 0.875. The minimum atomic E-state index is -0.180. The minimum Gasteiger partial charge on any atom is -0.441 e. The maximum absolute atomic E-state index is 11.2. The summed E-state index contributed by atoms with van der Waals surface area (Å²) in [7, 11) is 0. The van der Waals surface area contributed by atoms with E-state index in [0.29, 0.717) is 13.1 Å². The monoisotopic (exact) mass is 170 g/mol. The SMILES string of the molecule is NCCN1CC2(CCC2)OC1=O. The molecule has 2 N–H and O–H groups in total. The number of rotatable bonds is 2. The molecule has 2 fully saturated rings. The molecule has 1 spiro atoms. The normalized spacial score (nSPS) is 25.8. The number of nitrogens with two attached hydrogens (primary N) is 1. The van der Waals surface area contributed by atoms with Crippen LogP contribution in [0.2, 0.25) is 0 Å². The maximum Gasteiger partial charge on any atom is 0.410 e. The van der Waals surface area contributed by atoms with Gasteiger partial charge in [-0.1, -0.05) is 0 Å². The van der Waals surface area contributed by atoms with Crippen LogP contribution in [0.5, 0.6) is 0 Å². The molecule has 0 aromatic rings. The third-order valence-corrected chi connectivity index (χ3v) is 2.70. The van der Waals surface area contributed by atoms with E-state index in [1.54, 1.807) is 4.90 Å². The first-order valence-corrected chi connectivity index (χ1v) is 4.44. The van der Waals surface area contributed by atoms with Crippen LogP contribution >= 0.6 is 0 Å². The molecule has 1 saturated carbocycles. The summed E-state index contributed by atoms with van der Waals surface area (Å²) < 4.78 is 5.28. The standard InChI is InChI=1S/C8H14N2O2/c9-4-5-10-6-8(2-1-3-8)12-7(10)11/h1-6,9H2. The van der Waals surface area contributed by atoms with Gasteiger partial charge in [-0.2, -0.15) is 0 Å². The number of ether oxygens (including phenoxy) is 1. The van der Waals surface area contributed by atoms with Crippen LogP contribution in [0.25, 0.3) is 0 Å². The van der Waals surface area contributed by atoms with E-state index in [1.807, 2.05) is 0 Å². The molecule has 1 saturated heterocycles. The highest BCUT2D eigenvalue weighted by Crippen LogP contribution is 2.40. The summed E-state index contributed by atoms with van der Waals surface area (Å²) in [5, 5.41) is 0. The fourth-order valence-corrected chi connectivity index (χ4v) is 1.85. The average molecular weight is 170 g/mol. The van der Waals surface area contributed by atoms with Crippen LogP contribution in [-0.2, 0) is 4.74 Å². The molecule has 2 rings (SSSR count). The Morgan fingerprint density at radius 1 is 1.58 bits per heavy atom. The van der Waals surface area contributed by atoms with Crippen molar-refractivity contribution < 1.29 is 9.53 Å². The Labute approximate surface area is 71.7 Å². The summed E-state index contributed by atoms with van der Waals surface area (Å²) in [6, 6.07) is 0. The predicted molar refractivity (Wildman–Crippen MR) is 43.7 cm³/mol. The zero-order valence-electron chi connectivity index (χ0n) is 7.08. The molecule has 0 radical (unpaired) electrons. The van der Waals surface area contributed by atoms with Crippen molar-refractivity contribution >= 4 is 6.09 Å². The van der Waals surface area contributed by atoms with Crippen LogP contribution in [0.3, 0.4) is 0 Å². The number of hydrogen-bond donors (Lipinski definition) is 1. The van der Waals surface area contributed by atoms with Crippen LogP contribution in [-0.4, -0.2) is 36.2 Å². The molecule has 4 heteroatoms. The maximum atomic E-state index is 11.2. The molecule has 0 aromatic heterocycles. The quantitative estimate of drug-likeness (QED) is 0.649. The lowest BCUT2D eigenvalue weighted by Crippen LogP contribution is -2.41. The Hall–Kier alpha value is -0.770. The number of nitrogens with zero attached hydrogens (tertiary/aromatic N) is 1. The van der Waals surface area contributed by atoms with E-state index in [1.165, 1.54) is 6.42 Å². The highest BCUT2D eigenvalue weighted by atomic mass is 16.6. The molecule has 4 nitrogen and oxygen atoms in total. The first-order valence-electron chi connectivity index (χ1n) is 4.44. The van der Waals surface area contributed by atoms with Gasteiger partial charge in [0, 0.05) is 13.1 Å². The zero-order chi connectivity index (χ0) is 8.60. The van der Waals surface area contributed by atoms with E-state index in [4.69, 9.17) is 10.5 Å². The van der Waals surface area contributed by atoms with Gasteiger partial charge < -0.3 is 15.4 Å². The molecule has 12 heavy (non-hydrogen) atoms. The molecule has 0 bridgehead atoms. The van der Waals surface area contributed by atoms with Gasteiger partial charge >= 0.3 is 6.09 Å². The number of carbonyl (C=O) groups excluding carboxylic acids is 1. The Morgan fingerprint density at radius 2 is 2.33 bits per heavy atom.